The van der Waals surface area contributed by atoms with Crippen LogP contribution in [0.3, 0.4) is 0 Å². The number of hydrogen-bond donors (Lipinski definition) is 0. The van der Waals surface area contributed by atoms with E-state index in [0.29, 0.717) is 18.1 Å². The maximum Gasteiger partial charge on any atom is 0.183 e. The molecule has 90 valence electrons. The molecule has 0 fully saturated rings. The fraction of sp³-hybridized carbons (Fsp3) is 0.214. The van der Waals surface area contributed by atoms with E-state index in [4.69, 9.17) is 5.26 Å². The smallest absolute Gasteiger partial charge is 0.183 e. The van der Waals surface area contributed by atoms with E-state index in [1.165, 1.54) is 17.3 Å². The van der Waals surface area contributed by atoms with Crippen LogP contribution < -0.4 is 4.90 Å². The number of anilines is 1. The van der Waals surface area contributed by atoms with Gasteiger partial charge in [0, 0.05) is 26.0 Å². The molecule has 2 rings (SSSR count). The van der Waals surface area contributed by atoms with E-state index >= 15 is 0 Å². The quantitative estimate of drug-likeness (QED) is 0.823. The van der Waals surface area contributed by atoms with Gasteiger partial charge in [0.1, 0.15) is 6.07 Å². The summed E-state index contributed by atoms with van der Waals surface area (Å²) in [5, 5.41) is 8.99. The van der Waals surface area contributed by atoms with Gasteiger partial charge in [0.2, 0.25) is 0 Å². The molecular formula is C14H14N4. The molecule has 2 aromatic rings. The molecule has 1 aromatic carbocycles. The number of hydrogen-bond acceptors (Lipinski definition) is 4. The highest BCUT2D eigenvalue weighted by Gasteiger charge is 2.09. The summed E-state index contributed by atoms with van der Waals surface area (Å²) >= 11 is 0. The number of aromatic nitrogens is 2. The van der Waals surface area contributed by atoms with E-state index in [-0.39, 0.29) is 0 Å². The maximum atomic E-state index is 8.99. The number of nitrogens with zero attached hydrogens (tertiary/aromatic N) is 4. The summed E-state index contributed by atoms with van der Waals surface area (Å²) in [5.74, 6) is 0.612. The van der Waals surface area contributed by atoms with Crippen LogP contribution in [0.25, 0.3) is 0 Å². The molecule has 0 radical (unpaired) electrons. The van der Waals surface area contributed by atoms with E-state index in [1.807, 2.05) is 11.9 Å². The van der Waals surface area contributed by atoms with Crippen molar-refractivity contribution in [1.82, 2.24) is 9.97 Å². The molecule has 1 aromatic heterocycles. The normalized spacial score (nSPS) is 9.83. The van der Waals surface area contributed by atoms with Crippen LogP contribution in [0, 0.1) is 18.3 Å². The van der Waals surface area contributed by atoms with Crippen molar-refractivity contribution in [3.8, 4) is 6.07 Å². The first kappa shape index (κ1) is 12.1. The average molecular weight is 238 g/mol. The Morgan fingerprint density at radius 2 is 1.83 bits per heavy atom. The van der Waals surface area contributed by atoms with Crippen molar-refractivity contribution in [1.29, 1.82) is 5.26 Å². The van der Waals surface area contributed by atoms with Crippen molar-refractivity contribution in [2.24, 2.45) is 0 Å². The monoisotopic (exact) mass is 238 g/mol. The predicted octanol–water partition coefficient (Wildman–Crippen LogP) is 2.29. The van der Waals surface area contributed by atoms with Gasteiger partial charge in [-0.2, -0.15) is 5.26 Å². The molecule has 18 heavy (non-hydrogen) atoms. The van der Waals surface area contributed by atoms with Crippen molar-refractivity contribution in [2.75, 3.05) is 11.9 Å². The molecule has 0 saturated carbocycles. The lowest BCUT2D eigenvalue weighted by Crippen LogP contribution is -2.19. The summed E-state index contributed by atoms with van der Waals surface area (Å²) in [6.45, 7) is 2.76. The predicted molar refractivity (Wildman–Crippen MR) is 70.0 cm³/mol. The second-order valence-corrected chi connectivity index (χ2v) is 4.18. The minimum atomic E-state index is 0.354. The fourth-order valence-electron chi connectivity index (χ4n) is 1.73. The van der Waals surface area contributed by atoms with Crippen LogP contribution in [0.1, 0.15) is 16.8 Å². The van der Waals surface area contributed by atoms with Gasteiger partial charge in [-0.3, -0.25) is 0 Å². The molecule has 0 aliphatic heterocycles. The Bertz CT molecular complexity index is 569. The van der Waals surface area contributed by atoms with E-state index in [0.717, 1.165) is 0 Å². The second-order valence-electron chi connectivity index (χ2n) is 4.18. The highest BCUT2D eigenvalue weighted by molar-refractivity contribution is 5.49. The third kappa shape index (κ3) is 2.64. The van der Waals surface area contributed by atoms with Crippen molar-refractivity contribution in [3.63, 3.8) is 0 Å². The molecule has 0 aliphatic carbocycles. The van der Waals surface area contributed by atoms with Gasteiger partial charge in [-0.25, -0.2) is 9.97 Å². The Kier molecular flexibility index (Phi) is 3.54. The first-order chi connectivity index (χ1) is 8.70. The van der Waals surface area contributed by atoms with Gasteiger partial charge in [0.05, 0.1) is 0 Å². The summed E-state index contributed by atoms with van der Waals surface area (Å²) in [4.78, 5) is 10.1. The molecule has 4 nitrogen and oxygen atoms in total. The number of aryl methyl sites for hydroxylation is 1. The van der Waals surface area contributed by atoms with Crippen LogP contribution in [0.4, 0.5) is 5.82 Å². The first-order valence-electron chi connectivity index (χ1n) is 5.68. The Balaban J connectivity index is 2.19. The minimum Gasteiger partial charge on any atom is -0.353 e. The third-order valence-electron chi connectivity index (χ3n) is 2.69. The second kappa shape index (κ2) is 5.28. The first-order valence-corrected chi connectivity index (χ1v) is 5.68. The Hall–Kier alpha value is -2.41. The summed E-state index contributed by atoms with van der Waals surface area (Å²) in [6, 6.07) is 10.4. The number of rotatable bonds is 3. The van der Waals surface area contributed by atoms with Crippen molar-refractivity contribution < 1.29 is 0 Å². The molecule has 4 heteroatoms. The Morgan fingerprint density at radius 1 is 1.17 bits per heavy atom. The summed E-state index contributed by atoms with van der Waals surface area (Å²) in [6.07, 6.45) is 3.13. The van der Waals surface area contributed by atoms with Crippen LogP contribution in [0.5, 0.6) is 0 Å². The van der Waals surface area contributed by atoms with Crippen LogP contribution in [0.2, 0.25) is 0 Å². The SMILES string of the molecule is Cc1ccc(CN(C)c2nccnc2C#N)cc1. The van der Waals surface area contributed by atoms with Gasteiger partial charge < -0.3 is 4.90 Å². The van der Waals surface area contributed by atoms with E-state index in [1.54, 1.807) is 6.20 Å². The van der Waals surface area contributed by atoms with Gasteiger partial charge in [-0.05, 0) is 12.5 Å². The zero-order valence-electron chi connectivity index (χ0n) is 10.5. The van der Waals surface area contributed by atoms with Gasteiger partial charge in [-0.15, -0.1) is 0 Å². The lowest BCUT2D eigenvalue weighted by molar-refractivity contribution is 0.885. The highest BCUT2D eigenvalue weighted by atomic mass is 15.2. The minimum absolute atomic E-state index is 0.354. The lowest BCUT2D eigenvalue weighted by atomic mass is 10.1. The largest absolute Gasteiger partial charge is 0.353 e. The van der Waals surface area contributed by atoms with Crippen molar-refractivity contribution >= 4 is 5.82 Å². The Morgan fingerprint density at radius 3 is 2.50 bits per heavy atom. The summed E-state index contributed by atoms with van der Waals surface area (Å²) < 4.78 is 0. The van der Waals surface area contributed by atoms with Crippen molar-refractivity contribution in [3.05, 3.63) is 53.5 Å². The highest BCUT2D eigenvalue weighted by Crippen LogP contribution is 2.15. The van der Waals surface area contributed by atoms with Crippen LogP contribution in [-0.2, 0) is 6.54 Å². The molecule has 0 N–H and O–H groups in total. The number of benzene rings is 1. The standard InChI is InChI=1S/C14H14N4/c1-11-3-5-12(6-4-11)10-18(2)14-13(9-15)16-7-8-17-14/h3-8H,10H2,1-2H3. The van der Waals surface area contributed by atoms with E-state index < -0.39 is 0 Å². The van der Waals surface area contributed by atoms with Gasteiger partial charge in [0.15, 0.2) is 11.5 Å². The van der Waals surface area contributed by atoms with E-state index in [9.17, 15) is 0 Å². The third-order valence-corrected chi connectivity index (χ3v) is 2.69. The van der Waals surface area contributed by atoms with Crippen LogP contribution >= 0.6 is 0 Å². The average Bonchev–Trinajstić information content (AvgIpc) is 2.41. The zero-order valence-corrected chi connectivity index (χ0v) is 10.5. The molecule has 1 heterocycles. The summed E-state index contributed by atoms with van der Waals surface area (Å²) in [7, 11) is 1.91. The molecule has 0 unspecified atom stereocenters. The van der Waals surface area contributed by atoms with Gasteiger partial charge >= 0.3 is 0 Å². The molecule has 0 atom stereocenters. The molecule has 0 saturated heterocycles. The topological polar surface area (TPSA) is 52.8 Å². The zero-order chi connectivity index (χ0) is 13.0. The molecule has 0 bridgehead atoms. The Labute approximate surface area is 107 Å². The molecule has 0 aliphatic rings. The molecular weight excluding hydrogens is 224 g/mol. The van der Waals surface area contributed by atoms with Crippen molar-refractivity contribution in [2.45, 2.75) is 13.5 Å². The molecule has 0 spiro atoms. The van der Waals surface area contributed by atoms with Gasteiger partial charge in [-0.1, -0.05) is 29.8 Å². The van der Waals surface area contributed by atoms with Crippen LogP contribution in [0.15, 0.2) is 36.7 Å². The molecule has 0 amide bonds. The van der Waals surface area contributed by atoms with Gasteiger partial charge in [0.25, 0.3) is 0 Å². The number of nitriles is 1. The lowest BCUT2D eigenvalue weighted by Gasteiger charge is -2.18. The maximum absolute atomic E-state index is 8.99. The van der Waals surface area contributed by atoms with E-state index in [2.05, 4.69) is 47.2 Å². The summed E-state index contributed by atoms with van der Waals surface area (Å²) in [5.41, 5.74) is 2.77. The fourth-order valence-corrected chi connectivity index (χ4v) is 1.73. The van der Waals surface area contributed by atoms with Crippen LogP contribution in [-0.4, -0.2) is 17.0 Å².